The topological polar surface area (TPSA) is 96.2 Å². The van der Waals surface area contributed by atoms with Gasteiger partial charge in [0.05, 0.1) is 21.2 Å². The zero-order valence-electron chi connectivity index (χ0n) is 8.87. The Labute approximate surface area is 83.5 Å². The summed E-state index contributed by atoms with van der Waals surface area (Å²) in [7, 11) is 1.30. The molecule has 6 heteroatoms. The third kappa shape index (κ3) is 4.64. The maximum Gasteiger partial charge on any atom is 0.151 e. The van der Waals surface area contributed by atoms with Crippen LogP contribution in [0.15, 0.2) is 0 Å². The molecule has 0 aliphatic rings. The summed E-state index contributed by atoms with van der Waals surface area (Å²) in [5.41, 5.74) is 0. The number of carbonyl (C=O) groups excluding carboxylic acids is 1. The van der Waals surface area contributed by atoms with Gasteiger partial charge in [-0.2, -0.15) is 0 Å². The molecule has 0 aromatic carbocycles. The summed E-state index contributed by atoms with van der Waals surface area (Å²) < 4.78 is 16.5. The normalized spacial score (nSPS) is 20.7. The van der Waals surface area contributed by atoms with Crippen molar-refractivity contribution in [3.05, 3.63) is 0 Å². The SMILES string of the molecule is [2H]C(CO[C@@H](C=O)[C@H](O)[C@H](O)CO)OC. The smallest absolute Gasteiger partial charge is 0.151 e. The zero-order chi connectivity index (χ0) is 11.8. The average Bonchev–Trinajstić information content (AvgIpc) is 2.27. The van der Waals surface area contributed by atoms with E-state index in [4.69, 9.17) is 16.3 Å². The summed E-state index contributed by atoms with van der Waals surface area (Å²) in [5, 5.41) is 26.9. The molecule has 0 fully saturated rings. The van der Waals surface area contributed by atoms with Crippen molar-refractivity contribution in [3.8, 4) is 0 Å². The van der Waals surface area contributed by atoms with Crippen molar-refractivity contribution in [2.75, 3.05) is 26.9 Å². The van der Waals surface area contributed by atoms with E-state index in [1.807, 2.05) is 0 Å². The van der Waals surface area contributed by atoms with Gasteiger partial charge in [-0.05, 0) is 0 Å². The Kier molecular flexibility index (Phi) is 6.46. The Hall–Kier alpha value is -0.530. The molecule has 0 saturated heterocycles. The number of carbonyl (C=O) groups is 1. The molecule has 84 valence electrons. The number of rotatable bonds is 8. The average molecular weight is 209 g/mol. The molecule has 0 aromatic rings. The molecule has 14 heavy (non-hydrogen) atoms. The van der Waals surface area contributed by atoms with Crippen LogP contribution in [0.5, 0.6) is 0 Å². The summed E-state index contributed by atoms with van der Waals surface area (Å²) >= 11 is 0. The van der Waals surface area contributed by atoms with E-state index in [2.05, 4.69) is 4.74 Å². The molecule has 0 spiro atoms. The number of ether oxygens (including phenoxy) is 2. The quantitative estimate of drug-likeness (QED) is 0.397. The maximum atomic E-state index is 10.5. The van der Waals surface area contributed by atoms with Crippen molar-refractivity contribution in [1.29, 1.82) is 0 Å². The summed E-state index contributed by atoms with van der Waals surface area (Å²) in [6.45, 7) is -1.86. The van der Waals surface area contributed by atoms with Crippen molar-refractivity contribution in [2.45, 2.75) is 18.3 Å². The predicted octanol–water partition coefficient (Wildman–Crippen LogP) is -2.07. The molecular weight excluding hydrogens is 192 g/mol. The molecule has 0 heterocycles. The highest BCUT2D eigenvalue weighted by atomic mass is 16.5. The molecule has 0 radical (unpaired) electrons. The van der Waals surface area contributed by atoms with E-state index >= 15 is 0 Å². The molecule has 0 rings (SSSR count). The lowest BCUT2D eigenvalue weighted by atomic mass is 10.1. The first kappa shape index (κ1) is 11.5. The summed E-state index contributed by atoms with van der Waals surface area (Å²) in [6, 6.07) is 0. The van der Waals surface area contributed by atoms with Gasteiger partial charge in [0.15, 0.2) is 6.29 Å². The van der Waals surface area contributed by atoms with Crippen molar-refractivity contribution >= 4 is 6.29 Å². The van der Waals surface area contributed by atoms with Crippen LogP contribution in [-0.4, -0.2) is 66.8 Å². The molecule has 4 atom stereocenters. The van der Waals surface area contributed by atoms with Gasteiger partial charge in [-0.15, -0.1) is 0 Å². The standard InChI is InChI=1S/C8H16O6/c1-13-2-3-14-7(5-10)8(12)6(11)4-9/h5-9,11-12H,2-4H2,1H3/t6-,7+,8-/m1/s1/i2D/t2?,6-,7+,8-. The minimum atomic E-state index is -1.52. The Balaban J connectivity index is 4.06. The van der Waals surface area contributed by atoms with Crippen LogP contribution in [-0.2, 0) is 14.3 Å². The first-order chi connectivity index (χ1) is 7.06. The van der Waals surface area contributed by atoms with E-state index in [1.165, 1.54) is 7.11 Å². The fourth-order valence-corrected chi connectivity index (χ4v) is 0.764. The minimum absolute atomic E-state index is 0.213. The van der Waals surface area contributed by atoms with Crippen LogP contribution in [0.2, 0.25) is 0 Å². The minimum Gasteiger partial charge on any atom is -0.394 e. The van der Waals surface area contributed by atoms with Gasteiger partial charge in [-0.3, -0.25) is 0 Å². The van der Waals surface area contributed by atoms with Crippen LogP contribution < -0.4 is 0 Å². The second-order valence-electron chi connectivity index (χ2n) is 2.58. The van der Waals surface area contributed by atoms with Gasteiger partial charge in [0.2, 0.25) is 0 Å². The Bertz CT molecular complexity index is 179. The number of aldehydes is 1. The highest BCUT2D eigenvalue weighted by Gasteiger charge is 2.25. The maximum absolute atomic E-state index is 10.5. The molecule has 0 aromatic heterocycles. The summed E-state index contributed by atoms with van der Waals surface area (Å²) in [4.78, 5) is 10.5. The van der Waals surface area contributed by atoms with E-state index in [1.54, 1.807) is 0 Å². The number of hydrogen-bond donors (Lipinski definition) is 3. The van der Waals surface area contributed by atoms with Crippen molar-refractivity contribution < 1.29 is 31.0 Å². The van der Waals surface area contributed by atoms with Gasteiger partial charge < -0.3 is 29.6 Å². The van der Waals surface area contributed by atoms with E-state index < -0.39 is 31.5 Å². The van der Waals surface area contributed by atoms with E-state index in [9.17, 15) is 9.90 Å². The van der Waals surface area contributed by atoms with Crippen molar-refractivity contribution in [1.82, 2.24) is 0 Å². The molecule has 0 bridgehead atoms. The molecular formula is C8H16O6. The molecule has 3 N–H and O–H groups in total. The van der Waals surface area contributed by atoms with Crippen molar-refractivity contribution in [2.24, 2.45) is 0 Å². The first-order valence-corrected chi connectivity index (χ1v) is 4.05. The van der Waals surface area contributed by atoms with Gasteiger partial charge in [-0.1, -0.05) is 0 Å². The summed E-state index contributed by atoms with van der Waals surface area (Å²) in [6.07, 6.45) is -3.95. The zero-order valence-corrected chi connectivity index (χ0v) is 7.87. The first-order valence-electron chi connectivity index (χ1n) is 4.63. The summed E-state index contributed by atoms with van der Waals surface area (Å²) in [5.74, 6) is 0. The third-order valence-corrected chi connectivity index (χ3v) is 1.58. The van der Waals surface area contributed by atoms with E-state index in [0.29, 0.717) is 6.29 Å². The lowest BCUT2D eigenvalue weighted by Crippen LogP contribution is -2.42. The largest absolute Gasteiger partial charge is 0.394 e. The number of hydrogen-bond acceptors (Lipinski definition) is 6. The second-order valence-corrected chi connectivity index (χ2v) is 2.58. The van der Waals surface area contributed by atoms with Gasteiger partial charge in [0.1, 0.15) is 18.3 Å². The fourth-order valence-electron chi connectivity index (χ4n) is 0.764. The lowest BCUT2D eigenvalue weighted by Gasteiger charge is -2.21. The lowest BCUT2D eigenvalue weighted by molar-refractivity contribution is -0.138. The van der Waals surface area contributed by atoms with E-state index in [0.717, 1.165) is 0 Å². The van der Waals surface area contributed by atoms with Crippen LogP contribution in [0.1, 0.15) is 1.37 Å². The highest BCUT2D eigenvalue weighted by Crippen LogP contribution is 2.02. The van der Waals surface area contributed by atoms with Gasteiger partial charge in [0.25, 0.3) is 0 Å². The van der Waals surface area contributed by atoms with Crippen LogP contribution in [0.3, 0.4) is 0 Å². The monoisotopic (exact) mass is 209 g/mol. The molecule has 0 aliphatic heterocycles. The van der Waals surface area contributed by atoms with Crippen LogP contribution in [0, 0.1) is 0 Å². The second kappa shape index (κ2) is 7.84. The highest BCUT2D eigenvalue weighted by molar-refractivity contribution is 5.57. The molecule has 0 amide bonds. The van der Waals surface area contributed by atoms with Gasteiger partial charge >= 0.3 is 0 Å². The van der Waals surface area contributed by atoms with Gasteiger partial charge in [-0.25, -0.2) is 0 Å². The van der Waals surface area contributed by atoms with Crippen LogP contribution in [0.4, 0.5) is 0 Å². The molecule has 0 saturated carbocycles. The Morgan fingerprint density at radius 2 is 2.21 bits per heavy atom. The molecule has 1 unspecified atom stereocenters. The number of aliphatic hydroxyl groups is 3. The predicted molar refractivity (Wildman–Crippen MR) is 46.8 cm³/mol. The number of aliphatic hydroxyl groups excluding tert-OH is 3. The van der Waals surface area contributed by atoms with Crippen LogP contribution in [0.25, 0.3) is 0 Å². The third-order valence-electron chi connectivity index (χ3n) is 1.58. The Morgan fingerprint density at radius 3 is 2.64 bits per heavy atom. The number of methoxy groups -OCH3 is 1. The van der Waals surface area contributed by atoms with E-state index in [-0.39, 0.29) is 6.61 Å². The van der Waals surface area contributed by atoms with Gasteiger partial charge in [0, 0.05) is 7.11 Å². The Morgan fingerprint density at radius 1 is 1.57 bits per heavy atom. The molecule has 6 nitrogen and oxygen atoms in total. The van der Waals surface area contributed by atoms with Crippen LogP contribution >= 0.6 is 0 Å². The van der Waals surface area contributed by atoms with Crippen molar-refractivity contribution in [3.63, 3.8) is 0 Å². The molecule has 0 aliphatic carbocycles. The fraction of sp³-hybridized carbons (Fsp3) is 0.875.